The quantitative estimate of drug-likeness (QED) is 0.666. The molecule has 0 saturated heterocycles. The Morgan fingerprint density at radius 3 is 2.30 bits per heavy atom. The number of aliphatic hydroxyl groups is 1. The fraction of sp³-hybridized carbons (Fsp3) is 0.769. The van der Waals surface area contributed by atoms with Gasteiger partial charge in [-0.2, -0.15) is 15.0 Å². The topological polar surface area (TPSA) is 92.2 Å². The summed E-state index contributed by atoms with van der Waals surface area (Å²) in [6, 6.07) is 0.264. The van der Waals surface area contributed by atoms with Crippen LogP contribution in [0.4, 0.5) is 11.9 Å². The molecule has 1 atom stereocenters. The van der Waals surface area contributed by atoms with Gasteiger partial charge >= 0.3 is 6.01 Å². The number of hydrogen-bond acceptors (Lipinski definition) is 7. The number of anilines is 2. The summed E-state index contributed by atoms with van der Waals surface area (Å²) < 4.78 is 5.46. The van der Waals surface area contributed by atoms with Crippen molar-refractivity contribution in [1.82, 2.24) is 15.0 Å². The van der Waals surface area contributed by atoms with Crippen molar-refractivity contribution in [3.8, 4) is 6.01 Å². The normalized spacial score (nSPS) is 12.6. The molecule has 1 unspecified atom stereocenters. The Labute approximate surface area is 120 Å². The summed E-state index contributed by atoms with van der Waals surface area (Å²) in [7, 11) is 1.73. The highest BCUT2D eigenvalue weighted by molar-refractivity contribution is 5.35. The van der Waals surface area contributed by atoms with Crippen LogP contribution in [0.3, 0.4) is 0 Å². The van der Waals surface area contributed by atoms with Crippen molar-refractivity contribution in [2.75, 3.05) is 24.2 Å². The molecule has 0 aromatic carbocycles. The molecule has 0 aliphatic heterocycles. The van der Waals surface area contributed by atoms with Crippen LogP contribution in [-0.4, -0.2) is 45.9 Å². The second-order valence-corrected chi connectivity index (χ2v) is 5.35. The van der Waals surface area contributed by atoms with Gasteiger partial charge in [0.2, 0.25) is 11.9 Å². The van der Waals surface area contributed by atoms with E-state index in [-0.39, 0.29) is 12.1 Å². The van der Waals surface area contributed by atoms with Crippen molar-refractivity contribution in [1.29, 1.82) is 0 Å². The van der Waals surface area contributed by atoms with E-state index < -0.39 is 6.10 Å². The Morgan fingerprint density at radius 1 is 1.10 bits per heavy atom. The Morgan fingerprint density at radius 2 is 1.75 bits per heavy atom. The maximum Gasteiger partial charge on any atom is 0.323 e. The van der Waals surface area contributed by atoms with E-state index in [1.165, 1.54) is 0 Å². The largest absolute Gasteiger partial charge is 0.461 e. The van der Waals surface area contributed by atoms with E-state index in [2.05, 4.69) is 39.4 Å². The minimum Gasteiger partial charge on any atom is -0.461 e. The van der Waals surface area contributed by atoms with Gasteiger partial charge in [-0.1, -0.05) is 13.8 Å². The average molecular weight is 283 g/mol. The molecule has 0 saturated carbocycles. The summed E-state index contributed by atoms with van der Waals surface area (Å²) in [4.78, 5) is 12.5. The van der Waals surface area contributed by atoms with Crippen LogP contribution in [0.2, 0.25) is 0 Å². The third-order valence-electron chi connectivity index (χ3n) is 2.42. The van der Waals surface area contributed by atoms with Crippen molar-refractivity contribution < 1.29 is 9.84 Å². The number of aromatic nitrogens is 3. The van der Waals surface area contributed by atoms with Crippen LogP contribution >= 0.6 is 0 Å². The number of nitrogens with zero attached hydrogens (tertiary/aromatic N) is 3. The van der Waals surface area contributed by atoms with E-state index in [1.54, 1.807) is 7.05 Å². The van der Waals surface area contributed by atoms with E-state index >= 15 is 0 Å². The van der Waals surface area contributed by atoms with Gasteiger partial charge in [0.05, 0.1) is 12.2 Å². The van der Waals surface area contributed by atoms with Gasteiger partial charge in [0.25, 0.3) is 0 Å². The van der Waals surface area contributed by atoms with E-state index in [9.17, 15) is 5.11 Å². The Kier molecular flexibility index (Phi) is 6.44. The number of aliphatic hydroxyl groups excluding tert-OH is 1. The van der Waals surface area contributed by atoms with Crippen molar-refractivity contribution >= 4 is 11.9 Å². The number of nitrogens with one attached hydrogen (secondary N) is 2. The lowest BCUT2D eigenvalue weighted by Crippen LogP contribution is -2.22. The fourth-order valence-electron chi connectivity index (χ4n) is 1.65. The maximum absolute atomic E-state index is 9.84. The Hall–Kier alpha value is -1.63. The van der Waals surface area contributed by atoms with Gasteiger partial charge in [-0.3, -0.25) is 0 Å². The third kappa shape index (κ3) is 6.01. The van der Waals surface area contributed by atoms with Crippen LogP contribution in [0.25, 0.3) is 0 Å². The second-order valence-electron chi connectivity index (χ2n) is 5.35. The molecule has 1 aromatic rings. The minimum absolute atomic E-state index is 0.0125. The number of ether oxygens (including phenoxy) is 1. The van der Waals surface area contributed by atoms with E-state index in [0.717, 1.165) is 6.42 Å². The lowest BCUT2D eigenvalue weighted by Gasteiger charge is -2.15. The Bertz CT molecular complexity index is 412. The summed E-state index contributed by atoms with van der Waals surface area (Å²) in [5.41, 5.74) is 0. The van der Waals surface area contributed by atoms with Gasteiger partial charge in [-0.15, -0.1) is 0 Å². The van der Waals surface area contributed by atoms with Gasteiger partial charge in [0.1, 0.15) is 0 Å². The third-order valence-corrected chi connectivity index (χ3v) is 2.42. The van der Waals surface area contributed by atoms with Crippen LogP contribution in [0.1, 0.15) is 34.1 Å². The van der Waals surface area contributed by atoms with E-state index in [4.69, 9.17) is 4.74 Å². The number of rotatable bonds is 8. The van der Waals surface area contributed by atoms with E-state index in [0.29, 0.717) is 24.4 Å². The van der Waals surface area contributed by atoms with Crippen LogP contribution < -0.4 is 15.4 Å². The van der Waals surface area contributed by atoms with Crippen molar-refractivity contribution in [3.63, 3.8) is 0 Å². The van der Waals surface area contributed by atoms with Gasteiger partial charge in [0, 0.05) is 13.6 Å². The predicted octanol–water partition coefficient (Wildman–Crippen LogP) is 1.52. The van der Waals surface area contributed by atoms with Crippen LogP contribution in [0.15, 0.2) is 0 Å². The zero-order valence-corrected chi connectivity index (χ0v) is 12.8. The van der Waals surface area contributed by atoms with Crippen molar-refractivity contribution in [2.45, 2.75) is 46.3 Å². The zero-order valence-electron chi connectivity index (χ0n) is 12.8. The zero-order chi connectivity index (χ0) is 15.1. The minimum atomic E-state index is -0.431. The molecule has 0 aliphatic carbocycles. The number of hydrogen-bond donors (Lipinski definition) is 3. The average Bonchev–Trinajstić information content (AvgIpc) is 2.34. The summed E-state index contributed by atoms with van der Waals surface area (Å²) >= 11 is 0. The molecule has 0 spiro atoms. The first-order valence-electron chi connectivity index (χ1n) is 6.93. The summed E-state index contributed by atoms with van der Waals surface area (Å²) in [5, 5.41) is 15.7. The highest BCUT2D eigenvalue weighted by atomic mass is 16.5. The molecule has 3 N–H and O–H groups in total. The smallest absolute Gasteiger partial charge is 0.323 e. The molecule has 1 heterocycles. The van der Waals surface area contributed by atoms with Crippen LogP contribution in [-0.2, 0) is 0 Å². The molecule has 0 bridgehead atoms. The molecule has 7 nitrogen and oxygen atoms in total. The fourth-order valence-corrected chi connectivity index (χ4v) is 1.65. The molecule has 0 aliphatic rings. The van der Waals surface area contributed by atoms with Gasteiger partial charge < -0.3 is 20.5 Å². The Balaban J connectivity index is 2.68. The molecule has 20 heavy (non-hydrogen) atoms. The SMILES string of the molecule is CNc1nc(NCC(O)CC(C)C)nc(OC(C)C)n1. The highest BCUT2D eigenvalue weighted by Gasteiger charge is 2.11. The first-order valence-corrected chi connectivity index (χ1v) is 6.93. The summed E-state index contributed by atoms with van der Waals surface area (Å²) in [5.74, 6) is 1.26. The highest BCUT2D eigenvalue weighted by Crippen LogP contribution is 2.13. The maximum atomic E-state index is 9.84. The van der Waals surface area contributed by atoms with Crippen molar-refractivity contribution in [3.05, 3.63) is 0 Å². The molecule has 0 radical (unpaired) electrons. The molecular formula is C13H25N5O2. The van der Waals surface area contributed by atoms with Gasteiger partial charge in [-0.05, 0) is 26.2 Å². The molecule has 114 valence electrons. The summed E-state index contributed by atoms with van der Waals surface area (Å²) in [6.07, 6.45) is 0.285. The van der Waals surface area contributed by atoms with Gasteiger partial charge in [0.15, 0.2) is 0 Å². The molecule has 1 aromatic heterocycles. The second kappa shape index (κ2) is 7.84. The van der Waals surface area contributed by atoms with E-state index in [1.807, 2.05) is 13.8 Å². The van der Waals surface area contributed by atoms with Crippen molar-refractivity contribution in [2.24, 2.45) is 5.92 Å². The lowest BCUT2D eigenvalue weighted by atomic mass is 10.1. The molecule has 0 fully saturated rings. The first kappa shape index (κ1) is 16.4. The molecular weight excluding hydrogens is 258 g/mol. The first-order chi connectivity index (χ1) is 9.40. The molecule has 0 amide bonds. The van der Waals surface area contributed by atoms with Crippen LogP contribution in [0.5, 0.6) is 6.01 Å². The summed E-state index contributed by atoms with van der Waals surface area (Å²) in [6.45, 7) is 8.34. The van der Waals surface area contributed by atoms with Gasteiger partial charge in [-0.25, -0.2) is 0 Å². The lowest BCUT2D eigenvalue weighted by molar-refractivity contribution is 0.161. The molecule has 1 rings (SSSR count). The monoisotopic (exact) mass is 283 g/mol. The predicted molar refractivity (Wildman–Crippen MR) is 79.1 cm³/mol. The molecule has 7 heteroatoms. The standard InChI is InChI=1S/C13H25N5O2/c1-8(2)6-10(19)7-15-12-16-11(14-5)17-13(18-12)20-9(3)4/h8-10,19H,6-7H2,1-5H3,(H2,14,15,16,17,18). The van der Waals surface area contributed by atoms with Crippen LogP contribution in [0, 0.1) is 5.92 Å².